The van der Waals surface area contributed by atoms with Gasteiger partial charge < -0.3 is 5.32 Å². The first kappa shape index (κ1) is 16.6. The van der Waals surface area contributed by atoms with Gasteiger partial charge in [-0.3, -0.25) is 4.79 Å². The fourth-order valence-corrected chi connectivity index (χ4v) is 4.16. The number of hydrogen-bond acceptors (Lipinski definition) is 4. The van der Waals surface area contributed by atoms with Crippen molar-refractivity contribution in [1.82, 2.24) is 10.3 Å². The molecule has 1 fully saturated rings. The van der Waals surface area contributed by atoms with Crippen LogP contribution in [0.4, 0.5) is 0 Å². The molecule has 0 saturated heterocycles. The lowest BCUT2D eigenvalue weighted by molar-refractivity contribution is -0.119. The van der Waals surface area contributed by atoms with Gasteiger partial charge in [-0.15, -0.1) is 0 Å². The van der Waals surface area contributed by atoms with Crippen molar-refractivity contribution < 1.29 is 13.2 Å². The van der Waals surface area contributed by atoms with Crippen molar-refractivity contribution in [3.05, 3.63) is 60.3 Å². The van der Waals surface area contributed by atoms with Crippen molar-refractivity contribution in [2.45, 2.75) is 29.7 Å². The number of carbonyl (C=O) groups is 1. The highest BCUT2D eigenvalue weighted by Crippen LogP contribution is 2.43. The molecule has 3 rings (SSSR count). The summed E-state index contributed by atoms with van der Waals surface area (Å²) >= 11 is 0. The normalized spacial score (nSPS) is 16.2. The molecule has 0 unspecified atom stereocenters. The smallest absolute Gasteiger partial charge is 0.235 e. The summed E-state index contributed by atoms with van der Waals surface area (Å²) in [6.07, 6.45) is 4.54. The van der Waals surface area contributed by atoms with Crippen LogP contribution in [0.1, 0.15) is 24.8 Å². The lowest BCUT2D eigenvalue weighted by atomic mass is 9.64. The van der Waals surface area contributed by atoms with E-state index in [9.17, 15) is 13.2 Å². The largest absolute Gasteiger partial charge is 0.354 e. The molecular weight excluding hydrogens is 324 g/mol. The second-order valence-electron chi connectivity index (χ2n) is 6.20. The van der Waals surface area contributed by atoms with E-state index in [1.807, 2.05) is 18.2 Å². The molecule has 1 aromatic heterocycles. The number of nitrogens with zero attached hydrogens (tertiary/aromatic N) is 1. The Morgan fingerprint density at radius 2 is 1.79 bits per heavy atom. The van der Waals surface area contributed by atoms with Gasteiger partial charge in [-0.2, -0.15) is 0 Å². The minimum absolute atomic E-state index is 0.0638. The Kier molecular flexibility index (Phi) is 4.66. The predicted molar refractivity (Wildman–Crippen MR) is 91.3 cm³/mol. The van der Waals surface area contributed by atoms with Crippen molar-refractivity contribution in [2.75, 3.05) is 12.3 Å². The molecule has 2 aromatic rings. The topological polar surface area (TPSA) is 76.1 Å². The molecule has 1 heterocycles. The standard InChI is InChI=1S/C18H20N2O3S/c21-16(13-24(22,23)17-9-4-5-12-19-17)20-14-18(10-6-11-18)15-7-2-1-3-8-15/h1-5,7-9,12H,6,10-11,13-14H2,(H,20,21). The fourth-order valence-electron chi connectivity index (χ4n) is 3.06. The van der Waals surface area contributed by atoms with E-state index in [0.29, 0.717) is 6.54 Å². The maximum atomic E-state index is 12.2. The summed E-state index contributed by atoms with van der Waals surface area (Å²) in [7, 11) is -3.70. The number of aromatic nitrogens is 1. The molecule has 0 bridgehead atoms. The molecule has 0 radical (unpaired) electrons. The number of sulfone groups is 1. The van der Waals surface area contributed by atoms with Crippen LogP contribution in [-0.2, 0) is 20.0 Å². The first-order valence-corrected chi connectivity index (χ1v) is 9.63. The predicted octanol–water partition coefficient (Wildman–Crippen LogP) is 2.09. The van der Waals surface area contributed by atoms with E-state index in [-0.39, 0.29) is 10.4 Å². The molecule has 0 aliphatic heterocycles. The van der Waals surface area contributed by atoms with Gasteiger partial charge in [0, 0.05) is 18.2 Å². The van der Waals surface area contributed by atoms with Gasteiger partial charge >= 0.3 is 0 Å². The van der Waals surface area contributed by atoms with Gasteiger partial charge in [0.2, 0.25) is 15.7 Å². The van der Waals surface area contributed by atoms with Crippen LogP contribution in [0.2, 0.25) is 0 Å². The SMILES string of the molecule is O=C(CS(=O)(=O)c1ccccn1)NCC1(c2ccccc2)CCC1. The van der Waals surface area contributed by atoms with Crippen LogP contribution in [0.5, 0.6) is 0 Å². The highest BCUT2D eigenvalue weighted by atomic mass is 32.2. The number of benzene rings is 1. The monoisotopic (exact) mass is 344 g/mol. The number of carbonyl (C=O) groups excluding carboxylic acids is 1. The molecule has 1 saturated carbocycles. The van der Waals surface area contributed by atoms with E-state index in [2.05, 4.69) is 22.4 Å². The Balaban J connectivity index is 1.63. The van der Waals surface area contributed by atoms with Gasteiger partial charge in [-0.25, -0.2) is 13.4 Å². The maximum Gasteiger partial charge on any atom is 0.235 e. The molecule has 1 aromatic carbocycles. The average molecular weight is 344 g/mol. The maximum absolute atomic E-state index is 12.2. The van der Waals surface area contributed by atoms with E-state index in [0.717, 1.165) is 19.3 Å². The molecule has 24 heavy (non-hydrogen) atoms. The van der Waals surface area contributed by atoms with Gasteiger partial charge in [0.05, 0.1) is 0 Å². The minimum Gasteiger partial charge on any atom is -0.354 e. The van der Waals surface area contributed by atoms with Crippen molar-refractivity contribution >= 4 is 15.7 Å². The zero-order chi connectivity index (χ0) is 17.0. The Hall–Kier alpha value is -2.21. The minimum atomic E-state index is -3.70. The summed E-state index contributed by atoms with van der Waals surface area (Å²) in [6, 6.07) is 14.7. The van der Waals surface area contributed by atoms with Crippen LogP contribution in [0.15, 0.2) is 59.8 Å². The number of nitrogens with one attached hydrogen (secondary N) is 1. The summed E-state index contributed by atoms with van der Waals surface area (Å²) < 4.78 is 24.4. The molecule has 126 valence electrons. The summed E-state index contributed by atoms with van der Waals surface area (Å²) in [4.78, 5) is 16.0. The van der Waals surface area contributed by atoms with Gasteiger partial charge in [-0.05, 0) is 30.5 Å². The highest BCUT2D eigenvalue weighted by Gasteiger charge is 2.38. The summed E-state index contributed by atoms with van der Waals surface area (Å²) in [6.45, 7) is 0.466. The zero-order valence-corrected chi connectivity index (χ0v) is 14.1. The van der Waals surface area contributed by atoms with E-state index < -0.39 is 21.5 Å². The van der Waals surface area contributed by atoms with Crippen LogP contribution in [0.25, 0.3) is 0 Å². The van der Waals surface area contributed by atoms with Crippen LogP contribution in [0, 0.1) is 0 Å². The first-order valence-electron chi connectivity index (χ1n) is 7.98. The molecule has 1 aliphatic rings. The quantitative estimate of drug-likeness (QED) is 0.871. The Morgan fingerprint density at radius 1 is 1.08 bits per heavy atom. The molecule has 5 nitrogen and oxygen atoms in total. The lowest BCUT2D eigenvalue weighted by Crippen LogP contribution is -2.46. The number of amides is 1. The van der Waals surface area contributed by atoms with Crippen molar-refractivity contribution in [2.24, 2.45) is 0 Å². The van der Waals surface area contributed by atoms with Crippen LogP contribution < -0.4 is 5.32 Å². The van der Waals surface area contributed by atoms with Crippen molar-refractivity contribution in [1.29, 1.82) is 0 Å². The third kappa shape index (κ3) is 3.48. The number of rotatable bonds is 6. The van der Waals surface area contributed by atoms with Gasteiger partial charge in [0.1, 0.15) is 5.75 Å². The third-order valence-electron chi connectivity index (χ3n) is 4.60. The van der Waals surface area contributed by atoms with Crippen LogP contribution in [-0.4, -0.2) is 31.6 Å². The molecule has 1 N–H and O–H groups in total. The second-order valence-corrected chi connectivity index (χ2v) is 8.14. The second kappa shape index (κ2) is 6.73. The van der Waals surface area contributed by atoms with Gasteiger partial charge in [0.25, 0.3) is 0 Å². The summed E-state index contributed by atoms with van der Waals surface area (Å²) in [5.41, 5.74) is 1.13. The molecule has 1 aliphatic carbocycles. The van der Waals surface area contributed by atoms with Crippen molar-refractivity contribution in [3.8, 4) is 0 Å². The highest BCUT2D eigenvalue weighted by molar-refractivity contribution is 7.92. The Bertz CT molecular complexity index is 801. The molecule has 6 heteroatoms. The van der Waals surface area contributed by atoms with Crippen molar-refractivity contribution in [3.63, 3.8) is 0 Å². The number of hydrogen-bond donors (Lipinski definition) is 1. The fraction of sp³-hybridized carbons (Fsp3) is 0.333. The van der Waals surface area contributed by atoms with E-state index in [1.54, 1.807) is 12.1 Å². The molecule has 0 spiro atoms. The zero-order valence-electron chi connectivity index (χ0n) is 13.3. The van der Waals surface area contributed by atoms with Gasteiger partial charge in [0.15, 0.2) is 5.03 Å². The molecule has 1 amide bonds. The molecular formula is C18H20N2O3S. The third-order valence-corrected chi connectivity index (χ3v) is 6.12. The molecule has 0 atom stereocenters. The van der Waals surface area contributed by atoms with Crippen LogP contribution >= 0.6 is 0 Å². The average Bonchev–Trinajstić information content (AvgIpc) is 2.55. The summed E-state index contributed by atoms with van der Waals surface area (Å²) in [5.74, 6) is -1.06. The van der Waals surface area contributed by atoms with E-state index in [1.165, 1.54) is 17.8 Å². The Morgan fingerprint density at radius 3 is 2.38 bits per heavy atom. The first-order chi connectivity index (χ1) is 11.5. The van der Waals surface area contributed by atoms with E-state index >= 15 is 0 Å². The Labute approximate surface area is 142 Å². The number of pyridine rings is 1. The van der Waals surface area contributed by atoms with Crippen LogP contribution in [0.3, 0.4) is 0 Å². The lowest BCUT2D eigenvalue weighted by Gasteiger charge is -2.42. The summed E-state index contributed by atoms with van der Waals surface area (Å²) in [5, 5.41) is 2.74. The van der Waals surface area contributed by atoms with E-state index in [4.69, 9.17) is 0 Å². The van der Waals surface area contributed by atoms with Gasteiger partial charge in [-0.1, -0.05) is 42.8 Å².